The van der Waals surface area contributed by atoms with E-state index in [1.54, 1.807) is 0 Å². The molecular formula is C16H15IN2. The molecule has 0 aliphatic rings. The zero-order chi connectivity index (χ0) is 13.4. The molecule has 3 heteroatoms. The van der Waals surface area contributed by atoms with Gasteiger partial charge in [0.25, 0.3) is 0 Å². The predicted molar refractivity (Wildman–Crippen MR) is 87.5 cm³/mol. The number of hydrogen-bond acceptors (Lipinski definition) is 1. The van der Waals surface area contributed by atoms with Crippen LogP contribution in [0.15, 0.2) is 42.7 Å². The van der Waals surface area contributed by atoms with Crippen molar-refractivity contribution in [2.75, 3.05) is 0 Å². The normalized spacial score (nSPS) is 11.1. The molecule has 0 fully saturated rings. The van der Waals surface area contributed by atoms with Crippen LogP contribution in [0, 0.1) is 17.4 Å². The lowest BCUT2D eigenvalue weighted by molar-refractivity contribution is 0.824. The zero-order valence-electron chi connectivity index (χ0n) is 11.0. The van der Waals surface area contributed by atoms with Crippen LogP contribution in [0.1, 0.15) is 16.7 Å². The van der Waals surface area contributed by atoms with Crippen molar-refractivity contribution in [3.63, 3.8) is 0 Å². The van der Waals surface area contributed by atoms with E-state index in [-0.39, 0.29) is 0 Å². The maximum absolute atomic E-state index is 4.50. The number of aryl methyl sites for hydroxylation is 2. The van der Waals surface area contributed by atoms with E-state index >= 15 is 0 Å². The maximum Gasteiger partial charge on any atom is 0.0961 e. The van der Waals surface area contributed by atoms with Crippen LogP contribution in [-0.2, 0) is 6.54 Å². The molecule has 19 heavy (non-hydrogen) atoms. The Morgan fingerprint density at radius 2 is 1.74 bits per heavy atom. The molecule has 0 unspecified atom stereocenters. The van der Waals surface area contributed by atoms with Gasteiger partial charge in [0.2, 0.25) is 0 Å². The van der Waals surface area contributed by atoms with Gasteiger partial charge < -0.3 is 4.57 Å². The molecule has 0 aliphatic carbocycles. The van der Waals surface area contributed by atoms with Crippen LogP contribution >= 0.6 is 22.6 Å². The third-order valence-corrected chi connectivity index (χ3v) is 4.22. The molecule has 0 N–H and O–H groups in total. The highest BCUT2D eigenvalue weighted by atomic mass is 127. The summed E-state index contributed by atoms with van der Waals surface area (Å²) in [5.74, 6) is 0. The summed E-state index contributed by atoms with van der Waals surface area (Å²) in [4.78, 5) is 4.50. The molecule has 0 amide bonds. The molecule has 1 aromatic heterocycles. The molecule has 0 radical (unpaired) electrons. The highest BCUT2D eigenvalue weighted by molar-refractivity contribution is 14.1. The van der Waals surface area contributed by atoms with Gasteiger partial charge in [0, 0.05) is 10.1 Å². The summed E-state index contributed by atoms with van der Waals surface area (Å²) in [6.45, 7) is 5.15. The van der Waals surface area contributed by atoms with Gasteiger partial charge in [-0.05, 0) is 77.4 Å². The van der Waals surface area contributed by atoms with Gasteiger partial charge in [0.1, 0.15) is 0 Å². The second-order valence-corrected chi connectivity index (χ2v) is 6.17. The topological polar surface area (TPSA) is 17.8 Å². The van der Waals surface area contributed by atoms with Gasteiger partial charge in [0.15, 0.2) is 0 Å². The Bertz CT molecular complexity index is 726. The van der Waals surface area contributed by atoms with Gasteiger partial charge in [-0.2, -0.15) is 0 Å². The Balaban J connectivity index is 2.01. The molecule has 3 rings (SSSR count). The van der Waals surface area contributed by atoms with Crippen molar-refractivity contribution < 1.29 is 0 Å². The van der Waals surface area contributed by atoms with Crippen LogP contribution in [0.2, 0.25) is 0 Å². The summed E-state index contributed by atoms with van der Waals surface area (Å²) in [7, 11) is 0. The zero-order valence-corrected chi connectivity index (χ0v) is 13.2. The minimum Gasteiger partial charge on any atom is -0.326 e. The average molecular weight is 362 g/mol. The van der Waals surface area contributed by atoms with Crippen molar-refractivity contribution in [2.45, 2.75) is 20.4 Å². The first-order valence-electron chi connectivity index (χ1n) is 6.30. The van der Waals surface area contributed by atoms with E-state index in [4.69, 9.17) is 0 Å². The number of nitrogens with zero attached hydrogens (tertiary/aromatic N) is 2. The molecule has 0 saturated heterocycles. The second kappa shape index (κ2) is 4.96. The number of benzene rings is 2. The van der Waals surface area contributed by atoms with Gasteiger partial charge in [-0.15, -0.1) is 0 Å². The fourth-order valence-electron chi connectivity index (χ4n) is 2.23. The standard InChI is InChI=1S/C16H15IN2/c1-11-7-15-16(8-12(11)2)19(10-18-15)9-13-3-5-14(17)6-4-13/h3-8,10H,9H2,1-2H3. The van der Waals surface area contributed by atoms with E-state index in [0.717, 1.165) is 12.1 Å². The van der Waals surface area contributed by atoms with Gasteiger partial charge >= 0.3 is 0 Å². The van der Waals surface area contributed by atoms with Crippen LogP contribution < -0.4 is 0 Å². The van der Waals surface area contributed by atoms with E-state index in [1.165, 1.54) is 25.8 Å². The molecule has 96 valence electrons. The first kappa shape index (κ1) is 12.7. The summed E-state index contributed by atoms with van der Waals surface area (Å²) in [5, 5.41) is 0. The van der Waals surface area contributed by atoms with Crippen molar-refractivity contribution in [2.24, 2.45) is 0 Å². The highest BCUT2D eigenvalue weighted by Gasteiger charge is 2.05. The van der Waals surface area contributed by atoms with Crippen molar-refractivity contribution in [1.29, 1.82) is 0 Å². The van der Waals surface area contributed by atoms with Gasteiger partial charge in [0.05, 0.1) is 17.4 Å². The van der Waals surface area contributed by atoms with Crippen molar-refractivity contribution in [3.05, 3.63) is 63.0 Å². The molecule has 0 spiro atoms. The molecule has 0 atom stereocenters. The Morgan fingerprint density at radius 1 is 1.05 bits per heavy atom. The fraction of sp³-hybridized carbons (Fsp3) is 0.188. The Hall–Kier alpha value is -1.36. The van der Waals surface area contributed by atoms with Gasteiger partial charge in [-0.25, -0.2) is 4.98 Å². The average Bonchev–Trinajstić information content (AvgIpc) is 2.76. The number of hydrogen-bond donors (Lipinski definition) is 0. The third-order valence-electron chi connectivity index (χ3n) is 3.50. The number of imidazole rings is 1. The fourth-order valence-corrected chi connectivity index (χ4v) is 2.59. The lowest BCUT2D eigenvalue weighted by atomic mass is 10.1. The quantitative estimate of drug-likeness (QED) is 0.622. The number of aromatic nitrogens is 2. The summed E-state index contributed by atoms with van der Waals surface area (Å²) >= 11 is 2.33. The molecular weight excluding hydrogens is 347 g/mol. The van der Waals surface area contributed by atoms with Crippen LogP contribution in [0.25, 0.3) is 11.0 Å². The first-order chi connectivity index (χ1) is 9.13. The number of halogens is 1. The monoisotopic (exact) mass is 362 g/mol. The van der Waals surface area contributed by atoms with E-state index < -0.39 is 0 Å². The van der Waals surface area contributed by atoms with Crippen molar-refractivity contribution in [3.8, 4) is 0 Å². The summed E-state index contributed by atoms with van der Waals surface area (Å²) in [5.41, 5.74) is 6.21. The van der Waals surface area contributed by atoms with E-state index in [9.17, 15) is 0 Å². The number of fused-ring (bicyclic) bond motifs is 1. The second-order valence-electron chi connectivity index (χ2n) is 4.92. The molecule has 0 aliphatic heterocycles. The predicted octanol–water partition coefficient (Wildman–Crippen LogP) is 4.31. The van der Waals surface area contributed by atoms with Crippen molar-refractivity contribution in [1.82, 2.24) is 9.55 Å². The molecule has 0 bridgehead atoms. The van der Waals surface area contributed by atoms with Gasteiger partial charge in [-0.1, -0.05) is 12.1 Å². The third kappa shape index (κ3) is 2.52. The minimum absolute atomic E-state index is 0.871. The largest absolute Gasteiger partial charge is 0.326 e. The van der Waals surface area contributed by atoms with Crippen LogP contribution in [-0.4, -0.2) is 9.55 Å². The number of rotatable bonds is 2. The van der Waals surface area contributed by atoms with Crippen LogP contribution in [0.3, 0.4) is 0 Å². The SMILES string of the molecule is Cc1cc2ncn(Cc3ccc(I)cc3)c2cc1C. The summed E-state index contributed by atoms with van der Waals surface area (Å²) < 4.78 is 3.48. The molecule has 2 aromatic carbocycles. The summed E-state index contributed by atoms with van der Waals surface area (Å²) in [6.07, 6.45) is 1.93. The highest BCUT2D eigenvalue weighted by Crippen LogP contribution is 2.19. The van der Waals surface area contributed by atoms with Crippen LogP contribution in [0.5, 0.6) is 0 Å². The van der Waals surface area contributed by atoms with E-state index in [1.807, 2.05) is 6.33 Å². The maximum atomic E-state index is 4.50. The summed E-state index contributed by atoms with van der Waals surface area (Å²) in [6, 6.07) is 13.0. The lowest BCUT2D eigenvalue weighted by Crippen LogP contribution is -1.98. The Kier molecular flexibility index (Phi) is 3.31. The van der Waals surface area contributed by atoms with E-state index in [2.05, 4.69) is 82.4 Å². The van der Waals surface area contributed by atoms with Crippen LogP contribution in [0.4, 0.5) is 0 Å². The Labute approximate surface area is 126 Å². The van der Waals surface area contributed by atoms with Gasteiger partial charge in [-0.3, -0.25) is 0 Å². The minimum atomic E-state index is 0.871. The Morgan fingerprint density at radius 3 is 2.47 bits per heavy atom. The molecule has 1 heterocycles. The molecule has 0 saturated carbocycles. The smallest absolute Gasteiger partial charge is 0.0961 e. The lowest BCUT2D eigenvalue weighted by Gasteiger charge is -2.06. The van der Waals surface area contributed by atoms with E-state index in [0.29, 0.717) is 0 Å². The van der Waals surface area contributed by atoms with Crippen molar-refractivity contribution >= 4 is 33.6 Å². The first-order valence-corrected chi connectivity index (χ1v) is 7.38. The molecule has 2 nitrogen and oxygen atoms in total. The molecule has 3 aromatic rings.